The third-order valence-electron chi connectivity index (χ3n) is 5.47. The summed E-state index contributed by atoms with van der Waals surface area (Å²) in [7, 11) is 0. The molecule has 9 heteroatoms. The number of hydrogen-bond donors (Lipinski definition) is 1. The maximum atomic E-state index is 13.7. The van der Waals surface area contributed by atoms with Gasteiger partial charge in [0.1, 0.15) is 5.82 Å². The molecule has 1 aromatic carbocycles. The lowest BCUT2D eigenvalue weighted by Crippen LogP contribution is -2.43. The van der Waals surface area contributed by atoms with Gasteiger partial charge in [-0.2, -0.15) is 4.98 Å². The molecule has 8 nitrogen and oxygen atoms in total. The van der Waals surface area contributed by atoms with E-state index in [2.05, 4.69) is 29.3 Å². The molecule has 1 aliphatic rings. The maximum Gasteiger partial charge on any atom is 0.321 e. The summed E-state index contributed by atoms with van der Waals surface area (Å²) in [5, 5.41) is 6.77. The molecule has 0 aliphatic carbocycles. The third kappa shape index (κ3) is 5.80. The molecule has 1 atom stereocenters. The predicted octanol–water partition coefficient (Wildman–Crippen LogP) is 3.41. The van der Waals surface area contributed by atoms with E-state index in [0.29, 0.717) is 61.4 Å². The lowest BCUT2D eigenvalue weighted by molar-refractivity contribution is -0.130. The number of amides is 3. The van der Waals surface area contributed by atoms with E-state index >= 15 is 0 Å². The minimum atomic E-state index is -0.363. The Bertz CT molecular complexity index is 930. The van der Waals surface area contributed by atoms with Crippen LogP contribution < -0.4 is 5.32 Å². The number of carbonyl (C=O) groups excluding carboxylic acids is 2. The van der Waals surface area contributed by atoms with Crippen LogP contribution in [0.15, 0.2) is 22.7 Å². The number of carbonyl (C=O) groups is 2. The van der Waals surface area contributed by atoms with Gasteiger partial charge in [0.25, 0.3) is 0 Å². The van der Waals surface area contributed by atoms with E-state index < -0.39 is 0 Å². The number of nitrogens with one attached hydrogen (secondary N) is 1. The van der Waals surface area contributed by atoms with Crippen molar-refractivity contribution in [3.8, 4) is 0 Å². The Morgan fingerprint density at radius 1 is 1.39 bits per heavy atom. The van der Waals surface area contributed by atoms with Gasteiger partial charge in [0.15, 0.2) is 5.82 Å². The van der Waals surface area contributed by atoms with Gasteiger partial charge in [0.05, 0.1) is 6.04 Å². The number of likely N-dealkylation sites (tertiary alicyclic amines) is 1. The molecule has 1 unspecified atom stereocenters. The summed E-state index contributed by atoms with van der Waals surface area (Å²) in [6.45, 7) is 8.72. The number of benzene rings is 1. The Morgan fingerprint density at radius 2 is 2.16 bits per heavy atom. The second-order valence-electron chi connectivity index (χ2n) is 8.40. The van der Waals surface area contributed by atoms with Crippen molar-refractivity contribution in [2.24, 2.45) is 5.92 Å². The van der Waals surface area contributed by atoms with Crippen LogP contribution in [0.25, 0.3) is 0 Å². The SMILES string of the molecule is CC(=O)N(CCc1noc(CC(C)C)n1)C1CCN(C(=O)Nc2cccc(F)c2C)C1. The van der Waals surface area contributed by atoms with Gasteiger partial charge >= 0.3 is 6.03 Å². The Hall–Kier alpha value is -2.97. The zero-order valence-electron chi connectivity index (χ0n) is 18.5. The van der Waals surface area contributed by atoms with Crippen molar-refractivity contribution in [1.29, 1.82) is 0 Å². The standard InChI is InChI=1S/C22H30FN5O3/c1-14(2)12-21-25-20(26-31-21)9-11-28(16(4)29)17-8-10-27(13-17)22(30)24-19-7-5-6-18(23)15(19)3/h5-7,14,17H,8-13H2,1-4H3,(H,24,30). The zero-order chi connectivity index (χ0) is 22.5. The molecule has 1 N–H and O–H groups in total. The average Bonchev–Trinajstić information content (AvgIpc) is 3.35. The number of aromatic nitrogens is 2. The van der Waals surface area contributed by atoms with E-state index in [0.717, 1.165) is 6.42 Å². The highest BCUT2D eigenvalue weighted by Crippen LogP contribution is 2.21. The molecule has 1 saturated heterocycles. The first kappa shape index (κ1) is 22.7. The van der Waals surface area contributed by atoms with Crippen LogP contribution in [0.5, 0.6) is 0 Å². The molecule has 1 aliphatic heterocycles. The normalized spacial score (nSPS) is 16.1. The molecule has 1 aromatic heterocycles. The van der Waals surface area contributed by atoms with Gasteiger partial charge in [-0.3, -0.25) is 4.79 Å². The number of hydrogen-bond acceptors (Lipinski definition) is 5. The average molecular weight is 432 g/mol. The van der Waals surface area contributed by atoms with E-state index in [-0.39, 0.29) is 23.8 Å². The van der Waals surface area contributed by atoms with Crippen LogP contribution >= 0.6 is 0 Å². The van der Waals surface area contributed by atoms with E-state index in [4.69, 9.17) is 4.52 Å². The van der Waals surface area contributed by atoms with E-state index in [1.165, 1.54) is 13.0 Å². The molecule has 0 radical (unpaired) electrons. The fourth-order valence-electron chi connectivity index (χ4n) is 3.76. The molecule has 2 aromatic rings. The van der Waals surface area contributed by atoms with Crippen molar-refractivity contribution in [2.75, 3.05) is 25.0 Å². The van der Waals surface area contributed by atoms with Crippen LogP contribution in [0.1, 0.15) is 44.5 Å². The topological polar surface area (TPSA) is 91.6 Å². The van der Waals surface area contributed by atoms with Crippen LogP contribution in [0, 0.1) is 18.7 Å². The maximum absolute atomic E-state index is 13.7. The molecule has 168 valence electrons. The van der Waals surface area contributed by atoms with Crippen LogP contribution in [0.2, 0.25) is 0 Å². The summed E-state index contributed by atoms with van der Waals surface area (Å²) in [5.41, 5.74) is 0.847. The minimum absolute atomic E-state index is 0.0564. The first-order valence-electron chi connectivity index (χ1n) is 10.6. The van der Waals surface area contributed by atoms with Crippen molar-refractivity contribution in [3.63, 3.8) is 0 Å². The summed E-state index contributed by atoms with van der Waals surface area (Å²) in [4.78, 5) is 32.7. The monoisotopic (exact) mass is 431 g/mol. The van der Waals surface area contributed by atoms with Crippen LogP contribution in [0.4, 0.5) is 14.9 Å². The molecule has 2 heterocycles. The summed E-state index contributed by atoms with van der Waals surface area (Å²) in [5.74, 6) is 1.19. The summed E-state index contributed by atoms with van der Waals surface area (Å²) < 4.78 is 19.0. The predicted molar refractivity (Wildman–Crippen MR) is 114 cm³/mol. The largest absolute Gasteiger partial charge is 0.339 e. The lowest BCUT2D eigenvalue weighted by Gasteiger charge is -2.27. The van der Waals surface area contributed by atoms with E-state index in [1.54, 1.807) is 28.9 Å². The Labute approximate surface area is 181 Å². The fraction of sp³-hybridized carbons (Fsp3) is 0.545. The molecule has 31 heavy (non-hydrogen) atoms. The van der Waals surface area contributed by atoms with Crippen LogP contribution in [0.3, 0.4) is 0 Å². The lowest BCUT2D eigenvalue weighted by atomic mass is 10.1. The van der Waals surface area contributed by atoms with Crippen molar-refractivity contribution in [1.82, 2.24) is 19.9 Å². The molecule has 0 bridgehead atoms. The summed E-state index contributed by atoms with van der Waals surface area (Å²) >= 11 is 0. The van der Waals surface area contributed by atoms with Crippen molar-refractivity contribution >= 4 is 17.6 Å². The summed E-state index contributed by atoms with van der Waals surface area (Å²) in [6.07, 6.45) is 1.90. The van der Waals surface area contributed by atoms with Gasteiger partial charge in [-0.15, -0.1) is 0 Å². The van der Waals surface area contributed by atoms with Gasteiger partial charge in [-0.05, 0) is 31.4 Å². The second kappa shape index (κ2) is 9.89. The van der Waals surface area contributed by atoms with Crippen LogP contribution in [-0.2, 0) is 17.6 Å². The highest BCUT2D eigenvalue weighted by atomic mass is 19.1. The molecule has 3 rings (SSSR count). The molecule has 0 spiro atoms. The fourth-order valence-corrected chi connectivity index (χ4v) is 3.76. The van der Waals surface area contributed by atoms with Gasteiger partial charge in [-0.1, -0.05) is 25.1 Å². The Kier molecular flexibility index (Phi) is 7.25. The molecular formula is C22H30FN5O3. The number of urea groups is 1. The first-order chi connectivity index (χ1) is 14.7. The van der Waals surface area contributed by atoms with Gasteiger partial charge in [0.2, 0.25) is 11.8 Å². The third-order valence-corrected chi connectivity index (χ3v) is 5.47. The smallest absolute Gasteiger partial charge is 0.321 e. The number of rotatable bonds is 7. The zero-order valence-corrected chi connectivity index (χ0v) is 18.5. The first-order valence-corrected chi connectivity index (χ1v) is 10.6. The highest BCUT2D eigenvalue weighted by Gasteiger charge is 2.32. The molecule has 3 amide bonds. The molecule has 1 fully saturated rings. The van der Waals surface area contributed by atoms with Gasteiger partial charge in [0, 0.05) is 50.7 Å². The quantitative estimate of drug-likeness (QED) is 0.725. The van der Waals surface area contributed by atoms with Crippen molar-refractivity contribution in [2.45, 2.75) is 53.0 Å². The second-order valence-corrected chi connectivity index (χ2v) is 8.40. The van der Waals surface area contributed by atoms with Crippen LogP contribution in [-0.4, -0.2) is 57.6 Å². The number of anilines is 1. The Morgan fingerprint density at radius 3 is 2.87 bits per heavy atom. The number of halogens is 1. The van der Waals surface area contributed by atoms with E-state index in [1.807, 2.05) is 0 Å². The Balaban J connectivity index is 1.56. The van der Waals surface area contributed by atoms with Gasteiger partial charge < -0.3 is 19.6 Å². The molecule has 0 saturated carbocycles. The summed E-state index contributed by atoms with van der Waals surface area (Å²) in [6, 6.07) is 4.21. The van der Waals surface area contributed by atoms with Crippen molar-refractivity contribution in [3.05, 3.63) is 41.3 Å². The minimum Gasteiger partial charge on any atom is -0.339 e. The number of nitrogens with zero attached hydrogens (tertiary/aromatic N) is 4. The van der Waals surface area contributed by atoms with Crippen molar-refractivity contribution < 1.29 is 18.5 Å². The van der Waals surface area contributed by atoms with Gasteiger partial charge in [-0.25, -0.2) is 9.18 Å². The van der Waals surface area contributed by atoms with E-state index in [9.17, 15) is 14.0 Å². The highest BCUT2D eigenvalue weighted by molar-refractivity contribution is 5.90. The molecular weight excluding hydrogens is 401 g/mol.